The Balaban J connectivity index is 1.61. The van der Waals surface area contributed by atoms with Gasteiger partial charge in [-0.25, -0.2) is 9.97 Å². The first-order valence-corrected chi connectivity index (χ1v) is 6.75. The fourth-order valence-electron chi connectivity index (χ4n) is 2.41. The maximum atomic E-state index is 9.36. The summed E-state index contributed by atoms with van der Waals surface area (Å²) in [6.45, 7) is 1.23. The maximum absolute atomic E-state index is 9.36. The molecule has 1 aliphatic heterocycles. The zero-order valence-corrected chi connectivity index (χ0v) is 11.2. The predicted molar refractivity (Wildman–Crippen MR) is 79.6 cm³/mol. The van der Waals surface area contributed by atoms with Crippen molar-refractivity contribution in [2.45, 2.75) is 6.10 Å². The van der Waals surface area contributed by atoms with Crippen LogP contribution in [-0.2, 0) is 0 Å². The summed E-state index contributed by atoms with van der Waals surface area (Å²) in [7, 11) is 0. The van der Waals surface area contributed by atoms with Gasteiger partial charge >= 0.3 is 0 Å². The van der Waals surface area contributed by atoms with Crippen LogP contribution in [0.15, 0.2) is 36.7 Å². The first kappa shape index (κ1) is 12.1. The molecule has 4 rings (SSSR count). The van der Waals surface area contributed by atoms with E-state index in [2.05, 4.69) is 25.5 Å². The Morgan fingerprint density at radius 2 is 2.10 bits per heavy atom. The molecule has 1 fully saturated rings. The van der Waals surface area contributed by atoms with Crippen molar-refractivity contribution in [2.24, 2.45) is 0 Å². The Morgan fingerprint density at radius 3 is 2.95 bits per heavy atom. The normalized spacial score (nSPS) is 15.2. The molecular formula is C14H14N6O. The molecule has 21 heavy (non-hydrogen) atoms. The first-order chi connectivity index (χ1) is 10.3. The second-order valence-electron chi connectivity index (χ2n) is 5.06. The topological polar surface area (TPSA) is 90.0 Å². The molecule has 0 bridgehead atoms. The van der Waals surface area contributed by atoms with Crippen LogP contribution in [0.4, 0.5) is 17.5 Å². The molecule has 1 aromatic carbocycles. The largest absolute Gasteiger partial charge is 0.389 e. The van der Waals surface area contributed by atoms with E-state index in [-0.39, 0.29) is 6.10 Å². The Kier molecular flexibility index (Phi) is 2.71. The third-order valence-electron chi connectivity index (χ3n) is 3.56. The van der Waals surface area contributed by atoms with Gasteiger partial charge in [0, 0.05) is 24.5 Å². The fourth-order valence-corrected chi connectivity index (χ4v) is 2.41. The van der Waals surface area contributed by atoms with Crippen LogP contribution in [0, 0.1) is 0 Å². The molecule has 3 heterocycles. The summed E-state index contributed by atoms with van der Waals surface area (Å²) in [6, 6.07) is 9.75. The number of aromatic nitrogens is 4. The number of rotatable bonds is 3. The minimum atomic E-state index is -0.258. The Bertz CT molecular complexity index is 780. The van der Waals surface area contributed by atoms with Gasteiger partial charge in [0.1, 0.15) is 18.0 Å². The highest BCUT2D eigenvalue weighted by Gasteiger charge is 2.25. The standard InChI is InChI=1S/C14H14N6O/c21-9-6-20(7-9)13-5-12(15-8-16-13)17-14-10-3-1-2-4-11(10)18-19-14/h1-5,8-9,21H,6-7H2,(H2,15,16,17,18,19). The van der Waals surface area contributed by atoms with Gasteiger partial charge in [-0.3, -0.25) is 5.10 Å². The fraction of sp³-hybridized carbons (Fsp3) is 0.214. The van der Waals surface area contributed by atoms with Crippen molar-refractivity contribution in [3.05, 3.63) is 36.7 Å². The number of hydrogen-bond donors (Lipinski definition) is 3. The van der Waals surface area contributed by atoms with E-state index in [1.54, 1.807) is 0 Å². The van der Waals surface area contributed by atoms with Crippen LogP contribution in [0.5, 0.6) is 0 Å². The Hall–Kier alpha value is -2.67. The number of aliphatic hydroxyl groups excluding tert-OH is 1. The summed E-state index contributed by atoms with van der Waals surface area (Å²) in [5.74, 6) is 2.22. The lowest BCUT2D eigenvalue weighted by Gasteiger charge is -2.36. The summed E-state index contributed by atoms with van der Waals surface area (Å²) in [4.78, 5) is 10.4. The second-order valence-corrected chi connectivity index (χ2v) is 5.06. The number of benzene rings is 1. The lowest BCUT2D eigenvalue weighted by atomic mass is 10.2. The highest BCUT2D eigenvalue weighted by molar-refractivity contribution is 5.91. The summed E-state index contributed by atoms with van der Waals surface area (Å²) in [5, 5.41) is 20.8. The maximum Gasteiger partial charge on any atom is 0.161 e. The SMILES string of the molecule is OC1CN(c2cc(Nc3n[nH]c4ccccc34)ncn2)C1. The molecule has 7 nitrogen and oxygen atoms in total. The quantitative estimate of drug-likeness (QED) is 0.670. The number of hydrogen-bond acceptors (Lipinski definition) is 6. The highest BCUT2D eigenvalue weighted by Crippen LogP contribution is 2.25. The molecule has 3 N–H and O–H groups in total. The average Bonchev–Trinajstić information content (AvgIpc) is 2.88. The molecule has 3 aromatic rings. The van der Waals surface area contributed by atoms with Crippen molar-refractivity contribution < 1.29 is 5.11 Å². The van der Waals surface area contributed by atoms with Crippen LogP contribution < -0.4 is 10.2 Å². The van der Waals surface area contributed by atoms with Crippen LogP contribution in [0.3, 0.4) is 0 Å². The van der Waals surface area contributed by atoms with E-state index < -0.39 is 0 Å². The van der Waals surface area contributed by atoms with Crippen molar-refractivity contribution in [3.63, 3.8) is 0 Å². The van der Waals surface area contributed by atoms with Gasteiger partial charge in [-0.15, -0.1) is 0 Å². The van der Waals surface area contributed by atoms with Crippen LogP contribution >= 0.6 is 0 Å². The van der Waals surface area contributed by atoms with Crippen molar-refractivity contribution >= 4 is 28.4 Å². The molecule has 106 valence electrons. The smallest absolute Gasteiger partial charge is 0.161 e. The number of nitrogens with zero attached hydrogens (tertiary/aromatic N) is 4. The summed E-state index contributed by atoms with van der Waals surface area (Å²) >= 11 is 0. The van der Waals surface area contributed by atoms with Crippen LogP contribution in [-0.4, -0.2) is 44.5 Å². The molecule has 0 radical (unpaired) electrons. The molecule has 0 aliphatic carbocycles. The summed E-state index contributed by atoms with van der Waals surface area (Å²) < 4.78 is 0. The molecule has 0 spiro atoms. The number of aliphatic hydroxyl groups is 1. The van der Waals surface area contributed by atoms with Gasteiger partial charge in [-0.1, -0.05) is 12.1 Å². The van der Waals surface area contributed by atoms with Gasteiger partial charge in [-0.2, -0.15) is 5.10 Å². The number of aromatic amines is 1. The number of anilines is 3. The Labute approximate surface area is 120 Å². The number of H-pyrrole nitrogens is 1. The predicted octanol–water partition coefficient (Wildman–Crippen LogP) is 1.28. The van der Waals surface area contributed by atoms with Gasteiger partial charge in [0.25, 0.3) is 0 Å². The van der Waals surface area contributed by atoms with Gasteiger partial charge in [0.05, 0.1) is 11.6 Å². The first-order valence-electron chi connectivity index (χ1n) is 6.75. The number of β-amino-alcohol motifs (C(OH)–C–C–N with tert-alkyl or cyclic N) is 1. The van der Waals surface area contributed by atoms with Crippen LogP contribution in [0.25, 0.3) is 10.9 Å². The van der Waals surface area contributed by atoms with Crippen molar-refractivity contribution in [1.29, 1.82) is 0 Å². The van der Waals surface area contributed by atoms with E-state index in [1.165, 1.54) is 6.33 Å². The zero-order valence-electron chi connectivity index (χ0n) is 11.2. The molecule has 2 aromatic heterocycles. The second kappa shape index (κ2) is 4.71. The van der Waals surface area contributed by atoms with Crippen LogP contribution in [0.2, 0.25) is 0 Å². The van der Waals surface area contributed by atoms with E-state index in [4.69, 9.17) is 0 Å². The highest BCUT2D eigenvalue weighted by atomic mass is 16.3. The molecule has 7 heteroatoms. The lowest BCUT2D eigenvalue weighted by molar-refractivity contribution is 0.141. The van der Waals surface area contributed by atoms with Gasteiger partial charge < -0.3 is 15.3 Å². The van der Waals surface area contributed by atoms with Crippen molar-refractivity contribution in [1.82, 2.24) is 20.2 Å². The van der Waals surface area contributed by atoms with Gasteiger partial charge in [0.2, 0.25) is 0 Å². The van der Waals surface area contributed by atoms with Gasteiger partial charge in [0.15, 0.2) is 5.82 Å². The molecule has 0 unspecified atom stereocenters. The molecule has 0 saturated carbocycles. The van der Waals surface area contributed by atoms with Gasteiger partial charge in [-0.05, 0) is 12.1 Å². The number of nitrogens with one attached hydrogen (secondary N) is 2. The monoisotopic (exact) mass is 282 g/mol. The molecule has 1 saturated heterocycles. The van der Waals surface area contributed by atoms with E-state index in [9.17, 15) is 5.11 Å². The van der Waals surface area contributed by atoms with E-state index in [0.717, 1.165) is 22.5 Å². The summed E-state index contributed by atoms with van der Waals surface area (Å²) in [5.41, 5.74) is 0.972. The van der Waals surface area contributed by atoms with Crippen molar-refractivity contribution in [3.8, 4) is 0 Å². The van der Waals surface area contributed by atoms with E-state index >= 15 is 0 Å². The number of para-hydroxylation sites is 1. The minimum Gasteiger partial charge on any atom is -0.389 e. The Morgan fingerprint density at radius 1 is 1.24 bits per heavy atom. The van der Waals surface area contributed by atoms with Crippen LogP contribution in [0.1, 0.15) is 0 Å². The molecule has 0 atom stereocenters. The summed E-state index contributed by atoms with van der Waals surface area (Å²) in [6.07, 6.45) is 1.25. The molecular weight excluding hydrogens is 268 g/mol. The van der Waals surface area contributed by atoms with E-state index in [0.29, 0.717) is 18.9 Å². The third-order valence-corrected chi connectivity index (χ3v) is 3.56. The molecule has 1 aliphatic rings. The average molecular weight is 282 g/mol. The zero-order chi connectivity index (χ0) is 14.2. The molecule has 0 amide bonds. The van der Waals surface area contributed by atoms with Crippen molar-refractivity contribution in [2.75, 3.05) is 23.3 Å². The number of fused-ring (bicyclic) bond motifs is 1. The lowest BCUT2D eigenvalue weighted by Crippen LogP contribution is -2.51. The third kappa shape index (κ3) is 2.17. The minimum absolute atomic E-state index is 0.258. The van der Waals surface area contributed by atoms with E-state index in [1.807, 2.05) is 35.2 Å².